The molecule has 6 heteroatoms. The van der Waals surface area contributed by atoms with Crippen molar-refractivity contribution in [1.82, 2.24) is 5.32 Å². The van der Waals surface area contributed by atoms with Gasteiger partial charge in [0.05, 0.1) is 16.8 Å². The molecule has 0 aliphatic heterocycles. The third-order valence-corrected chi connectivity index (χ3v) is 2.27. The third kappa shape index (κ3) is 3.71. The average Bonchev–Trinajstić information content (AvgIpc) is 2.30. The number of carboxylic acids is 1. The minimum absolute atomic E-state index is 0.339. The fourth-order valence-corrected chi connectivity index (χ4v) is 1.29. The lowest BCUT2D eigenvalue weighted by molar-refractivity contribution is 0.0697. The number of urea groups is 1. The van der Waals surface area contributed by atoms with Gasteiger partial charge in [-0.1, -0.05) is 12.0 Å². The van der Waals surface area contributed by atoms with E-state index in [4.69, 9.17) is 11.5 Å². The van der Waals surface area contributed by atoms with Crippen LogP contribution in [0.4, 0.5) is 14.9 Å². The smallest absolute Gasteiger partial charge is 0.337 e. The Hall–Kier alpha value is -2.55. The quantitative estimate of drug-likeness (QED) is 0.731. The van der Waals surface area contributed by atoms with Gasteiger partial charge < -0.3 is 15.7 Å². The maximum Gasteiger partial charge on any atom is 0.337 e. The van der Waals surface area contributed by atoms with Gasteiger partial charge in [-0.25, -0.2) is 14.0 Å². The lowest BCUT2D eigenvalue weighted by atomic mass is 10.1. The number of terminal acetylenes is 1. The third-order valence-electron chi connectivity index (χ3n) is 2.27. The van der Waals surface area contributed by atoms with E-state index >= 15 is 0 Å². The van der Waals surface area contributed by atoms with Gasteiger partial charge in [-0.15, -0.1) is 6.42 Å². The number of aromatic carboxylic acids is 1. The number of carbonyl (C=O) groups is 2. The van der Waals surface area contributed by atoms with Crippen LogP contribution in [0.25, 0.3) is 0 Å². The average molecular weight is 264 g/mol. The van der Waals surface area contributed by atoms with E-state index in [1.807, 2.05) is 0 Å². The van der Waals surface area contributed by atoms with Crippen LogP contribution in [0.5, 0.6) is 0 Å². The molecular weight excluding hydrogens is 251 g/mol. The Morgan fingerprint density at radius 3 is 2.58 bits per heavy atom. The molecule has 1 aromatic rings. The minimum Gasteiger partial charge on any atom is -0.478 e. The number of para-hydroxylation sites is 1. The van der Waals surface area contributed by atoms with Crippen LogP contribution in [-0.2, 0) is 0 Å². The van der Waals surface area contributed by atoms with E-state index in [0.29, 0.717) is 0 Å². The summed E-state index contributed by atoms with van der Waals surface area (Å²) in [7, 11) is 0. The summed E-state index contributed by atoms with van der Waals surface area (Å²) in [4.78, 5) is 22.6. The molecule has 0 radical (unpaired) electrons. The molecule has 100 valence electrons. The van der Waals surface area contributed by atoms with Crippen LogP contribution in [0.3, 0.4) is 0 Å². The van der Waals surface area contributed by atoms with Crippen LogP contribution in [0.15, 0.2) is 18.2 Å². The molecule has 0 saturated carbocycles. The number of halogens is 1. The number of benzene rings is 1. The maximum atomic E-state index is 13.5. The Bertz CT molecular complexity index is 561. The molecule has 0 fully saturated rings. The van der Waals surface area contributed by atoms with Crippen LogP contribution in [0.1, 0.15) is 24.2 Å². The molecule has 0 bridgehead atoms. The van der Waals surface area contributed by atoms with Gasteiger partial charge in [-0.2, -0.15) is 0 Å². The zero-order valence-corrected chi connectivity index (χ0v) is 10.5. The highest BCUT2D eigenvalue weighted by Crippen LogP contribution is 2.19. The van der Waals surface area contributed by atoms with Gasteiger partial charge in [-0.3, -0.25) is 0 Å². The molecule has 0 aliphatic carbocycles. The highest BCUT2D eigenvalue weighted by molar-refractivity contribution is 6.00. The van der Waals surface area contributed by atoms with Gasteiger partial charge in [-0.05, 0) is 26.0 Å². The van der Waals surface area contributed by atoms with Gasteiger partial charge in [0.25, 0.3) is 0 Å². The van der Waals surface area contributed by atoms with Crippen LogP contribution in [-0.4, -0.2) is 22.6 Å². The van der Waals surface area contributed by atoms with Crippen molar-refractivity contribution >= 4 is 17.7 Å². The number of anilines is 1. The molecule has 0 spiro atoms. The van der Waals surface area contributed by atoms with Crippen LogP contribution in [0, 0.1) is 18.2 Å². The lowest BCUT2D eigenvalue weighted by Gasteiger charge is -2.20. The fraction of sp³-hybridized carbons (Fsp3) is 0.231. The molecule has 0 aliphatic rings. The first-order valence-electron chi connectivity index (χ1n) is 5.35. The van der Waals surface area contributed by atoms with E-state index in [0.717, 1.165) is 6.07 Å². The van der Waals surface area contributed by atoms with E-state index in [2.05, 4.69) is 16.6 Å². The number of amides is 2. The van der Waals surface area contributed by atoms with Crippen LogP contribution in [0.2, 0.25) is 0 Å². The van der Waals surface area contributed by atoms with Crippen LogP contribution < -0.4 is 10.6 Å². The summed E-state index contributed by atoms with van der Waals surface area (Å²) in [6.07, 6.45) is 5.20. The minimum atomic E-state index is -1.34. The van der Waals surface area contributed by atoms with Crippen molar-refractivity contribution in [3.8, 4) is 12.3 Å². The van der Waals surface area contributed by atoms with Gasteiger partial charge in [0.2, 0.25) is 0 Å². The largest absolute Gasteiger partial charge is 0.478 e. The van der Waals surface area contributed by atoms with Crippen LogP contribution >= 0.6 is 0 Å². The predicted molar refractivity (Wildman–Crippen MR) is 68.4 cm³/mol. The molecular formula is C13H13FN2O3. The van der Waals surface area contributed by atoms with E-state index in [9.17, 15) is 14.0 Å². The molecule has 1 aromatic carbocycles. The molecule has 3 N–H and O–H groups in total. The molecule has 2 amide bonds. The first kappa shape index (κ1) is 14.5. The second-order valence-corrected chi connectivity index (χ2v) is 4.32. The highest BCUT2D eigenvalue weighted by Gasteiger charge is 2.20. The summed E-state index contributed by atoms with van der Waals surface area (Å²) in [5.74, 6) is 0.147. The van der Waals surface area contributed by atoms with E-state index in [1.54, 1.807) is 13.8 Å². The molecule has 0 saturated heterocycles. The topological polar surface area (TPSA) is 78.4 Å². The highest BCUT2D eigenvalue weighted by atomic mass is 19.1. The van der Waals surface area contributed by atoms with Crippen molar-refractivity contribution in [1.29, 1.82) is 0 Å². The number of carboxylic acid groups (broad SMARTS) is 1. The van der Waals surface area contributed by atoms with Gasteiger partial charge in [0.15, 0.2) is 0 Å². The summed E-state index contributed by atoms with van der Waals surface area (Å²) in [6.45, 7) is 3.15. The Balaban J connectivity index is 2.98. The van der Waals surface area contributed by atoms with E-state index < -0.39 is 29.0 Å². The van der Waals surface area contributed by atoms with Gasteiger partial charge >= 0.3 is 12.0 Å². The second kappa shape index (κ2) is 5.40. The van der Waals surface area contributed by atoms with Crippen molar-refractivity contribution in [3.63, 3.8) is 0 Å². The van der Waals surface area contributed by atoms with Crippen molar-refractivity contribution in [2.75, 3.05) is 5.32 Å². The molecule has 0 aromatic heterocycles. The number of hydrogen-bond acceptors (Lipinski definition) is 2. The zero-order chi connectivity index (χ0) is 14.6. The number of nitrogens with one attached hydrogen (secondary N) is 2. The van der Waals surface area contributed by atoms with Crippen molar-refractivity contribution in [2.24, 2.45) is 0 Å². The monoisotopic (exact) mass is 264 g/mol. The molecule has 0 unspecified atom stereocenters. The Morgan fingerprint density at radius 1 is 1.42 bits per heavy atom. The summed E-state index contributed by atoms with van der Waals surface area (Å²) >= 11 is 0. The fourth-order valence-electron chi connectivity index (χ4n) is 1.29. The molecule has 0 heterocycles. The number of carbonyl (C=O) groups excluding carboxylic acids is 1. The summed E-state index contributed by atoms with van der Waals surface area (Å²) < 4.78 is 13.5. The zero-order valence-electron chi connectivity index (χ0n) is 10.5. The Morgan fingerprint density at radius 2 is 2.05 bits per heavy atom. The standard InChI is InChI=1S/C13H13FN2O3/c1-4-13(2,3)16-12(19)15-10-8(11(17)18)6-5-7-9(10)14/h1,5-7H,2-3H3,(H,17,18)(H2,15,16,19). The molecule has 0 atom stereocenters. The SMILES string of the molecule is C#CC(C)(C)NC(=O)Nc1c(F)cccc1C(=O)O. The Kier molecular flexibility index (Phi) is 4.12. The number of hydrogen-bond donors (Lipinski definition) is 3. The normalized spacial score (nSPS) is 10.4. The van der Waals surface area contributed by atoms with E-state index in [-0.39, 0.29) is 5.56 Å². The molecule has 5 nitrogen and oxygen atoms in total. The predicted octanol–water partition coefficient (Wildman–Crippen LogP) is 2.06. The molecule has 19 heavy (non-hydrogen) atoms. The number of rotatable bonds is 3. The van der Waals surface area contributed by atoms with Crippen molar-refractivity contribution in [2.45, 2.75) is 19.4 Å². The summed E-state index contributed by atoms with van der Waals surface area (Å²) in [6, 6.07) is 2.70. The van der Waals surface area contributed by atoms with E-state index in [1.165, 1.54) is 12.1 Å². The summed E-state index contributed by atoms with van der Waals surface area (Å²) in [5.41, 5.74) is -1.67. The second-order valence-electron chi connectivity index (χ2n) is 4.32. The Labute approximate surface area is 109 Å². The summed E-state index contributed by atoms with van der Waals surface area (Å²) in [5, 5.41) is 13.5. The van der Waals surface area contributed by atoms with Crippen molar-refractivity contribution < 1.29 is 19.1 Å². The molecule has 1 rings (SSSR count). The van der Waals surface area contributed by atoms with Gasteiger partial charge in [0.1, 0.15) is 5.82 Å². The van der Waals surface area contributed by atoms with Gasteiger partial charge in [0, 0.05) is 0 Å². The first-order chi connectivity index (χ1) is 8.76. The lowest BCUT2D eigenvalue weighted by Crippen LogP contribution is -2.44. The van der Waals surface area contributed by atoms with Crippen molar-refractivity contribution in [3.05, 3.63) is 29.6 Å². The maximum absolute atomic E-state index is 13.5. The first-order valence-corrected chi connectivity index (χ1v) is 5.35.